The average molecular weight is 328 g/mol. The normalized spacial score (nSPS) is 14.1. The Morgan fingerprint density at radius 3 is 2.67 bits per heavy atom. The van der Waals surface area contributed by atoms with Gasteiger partial charge in [0.15, 0.2) is 11.0 Å². The number of ketones is 1. The van der Waals surface area contributed by atoms with Crippen LogP contribution in [-0.4, -0.2) is 41.7 Å². The standard InChI is InChI=1S/C13H16N2OS.BrH/c1-10-3-5-11(6-4-10)12(16)9-15-8-7-14-13(15)17-2;/h3-6H,7-9H2,1-2H3;1H/p-1. The van der Waals surface area contributed by atoms with Gasteiger partial charge in [0.2, 0.25) is 0 Å². The maximum absolute atomic E-state index is 12.1. The highest BCUT2D eigenvalue weighted by Gasteiger charge is 2.19. The molecule has 0 spiro atoms. The second kappa shape index (κ2) is 6.95. The number of thioether (sulfide) groups is 1. The summed E-state index contributed by atoms with van der Waals surface area (Å²) in [4.78, 5) is 18.5. The van der Waals surface area contributed by atoms with Crippen LogP contribution in [0.3, 0.4) is 0 Å². The summed E-state index contributed by atoms with van der Waals surface area (Å²) in [6.45, 7) is 4.11. The fourth-order valence-corrected chi connectivity index (χ4v) is 2.44. The van der Waals surface area contributed by atoms with Crippen molar-refractivity contribution in [1.82, 2.24) is 4.90 Å². The molecule has 0 bridgehead atoms. The van der Waals surface area contributed by atoms with Gasteiger partial charge in [-0.1, -0.05) is 41.6 Å². The second-order valence-corrected chi connectivity index (χ2v) is 4.85. The summed E-state index contributed by atoms with van der Waals surface area (Å²) in [7, 11) is 0. The Kier molecular flexibility index (Phi) is 5.88. The molecule has 0 saturated carbocycles. The molecule has 1 aromatic carbocycles. The average Bonchev–Trinajstić information content (AvgIpc) is 2.77. The third-order valence-corrected chi connectivity index (χ3v) is 3.53. The van der Waals surface area contributed by atoms with Crippen molar-refractivity contribution in [1.29, 1.82) is 0 Å². The number of aryl methyl sites for hydroxylation is 1. The van der Waals surface area contributed by atoms with E-state index in [4.69, 9.17) is 0 Å². The van der Waals surface area contributed by atoms with Crippen LogP contribution in [0.2, 0.25) is 0 Å². The summed E-state index contributed by atoms with van der Waals surface area (Å²) in [5.41, 5.74) is 1.96. The molecule has 0 atom stereocenters. The van der Waals surface area contributed by atoms with E-state index in [1.165, 1.54) is 5.56 Å². The Labute approximate surface area is 122 Å². The molecule has 0 aliphatic carbocycles. The van der Waals surface area contributed by atoms with E-state index in [-0.39, 0.29) is 22.8 Å². The number of amidine groups is 1. The molecule has 1 aromatic rings. The van der Waals surface area contributed by atoms with Gasteiger partial charge < -0.3 is 21.9 Å². The van der Waals surface area contributed by atoms with E-state index >= 15 is 0 Å². The van der Waals surface area contributed by atoms with E-state index in [1.54, 1.807) is 11.8 Å². The van der Waals surface area contributed by atoms with E-state index in [0.717, 1.165) is 23.8 Å². The first kappa shape index (κ1) is 15.2. The lowest BCUT2D eigenvalue weighted by molar-refractivity contribution is -0.0000114. The third kappa shape index (κ3) is 3.59. The SMILES string of the molecule is CSC1=NCCN1CC(=O)c1ccc(C)cc1.[Br-]. The molecular formula is C13H16BrN2OS-. The molecule has 3 nitrogen and oxygen atoms in total. The van der Waals surface area contributed by atoms with Crippen molar-refractivity contribution < 1.29 is 21.8 Å². The largest absolute Gasteiger partial charge is 1.00 e. The highest BCUT2D eigenvalue weighted by atomic mass is 79.9. The maximum atomic E-state index is 12.1. The lowest BCUT2D eigenvalue weighted by Gasteiger charge is -2.17. The number of rotatable bonds is 3. The van der Waals surface area contributed by atoms with E-state index < -0.39 is 0 Å². The Bertz CT molecular complexity index is 445. The van der Waals surface area contributed by atoms with Gasteiger partial charge in [0.1, 0.15) is 0 Å². The van der Waals surface area contributed by atoms with Crippen molar-refractivity contribution in [2.75, 3.05) is 25.9 Å². The second-order valence-electron chi connectivity index (χ2n) is 4.08. The van der Waals surface area contributed by atoms with Gasteiger partial charge >= 0.3 is 0 Å². The molecule has 0 saturated heterocycles. The third-order valence-electron chi connectivity index (χ3n) is 2.78. The number of carbonyl (C=O) groups excluding carboxylic acids is 1. The smallest absolute Gasteiger partial charge is 0.182 e. The number of benzene rings is 1. The van der Waals surface area contributed by atoms with E-state index in [2.05, 4.69) is 4.99 Å². The van der Waals surface area contributed by atoms with Crippen LogP contribution >= 0.6 is 11.8 Å². The molecule has 0 fully saturated rings. The van der Waals surface area contributed by atoms with Crippen molar-refractivity contribution in [2.24, 2.45) is 4.99 Å². The number of hydrogen-bond acceptors (Lipinski definition) is 4. The minimum absolute atomic E-state index is 0. The zero-order valence-corrected chi connectivity index (χ0v) is 12.9. The van der Waals surface area contributed by atoms with Crippen LogP contribution in [0.25, 0.3) is 0 Å². The molecule has 0 unspecified atom stereocenters. The molecule has 18 heavy (non-hydrogen) atoms. The number of nitrogens with zero attached hydrogens (tertiary/aromatic N) is 2. The van der Waals surface area contributed by atoms with Crippen molar-refractivity contribution in [3.8, 4) is 0 Å². The zero-order chi connectivity index (χ0) is 12.3. The van der Waals surface area contributed by atoms with Crippen molar-refractivity contribution >= 4 is 22.7 Å². The molecular weight excluding hydrogens is 312 g/mol. The first-order valence-corrected chi connectivity index (χ1v) is 6.86. The molecule has 98 valence electrons. The van der Waals surface area contributed by atoms with Gasteiger partial charge in [0, 0.05) is 12.1 Å². The van der Waals surface area contributed by atoms with Gasteiger partial charge in [-0.25, -0.2) is 0 Å². The Morgan fingerprint density at radius 1 is 1.39 bits per heavy atom. The highest BCUT2D eigenvalue weighted by Crippen LogP contribution is 2.13. The highest BCUT2D eigenvalue weighted by molar-refractivity contribution is 8.13. The van der Waals surface area contributed by atoms with Crippen molar-refractivity contribution in [3.05, 3.63) is 35.4 Å². The van der Waals surface area contributed by atoms with Gasteiger partial charge in [-0.2, -0.15) is 0 Å². The first-order valence-electron chi connectivity index (χ1n) is 5.64. The Balaban J connectivity index is 0.00000162. The van der Waals surface area contributed by atoms with Gasteiger partial charge in [-0.05, 0) is 13.2 Å². The van der Waals surface area contributed by atoms with Crippen LogP contribution in [0.1, 0.15) is 15.9 Å². The minimum Gasteiger partial charge on any atom is -1.00 e. The molecule has 0 amide bonds. The monoisotopic (exact) mass is 327 g/mol. The summed E-state index contributed by atoms with van der Waals surface area (Å²) in [6.07, 6.45) is 1.99. The summed E-state index contributed by atoms with van der Waals surface area (Å²) in [5.74, 6) is 0.161. The van der Waals surface area contributed by atoms with Crippen molar-refractivity contribution in [3.63, 3.8) is 0 Å². The summed E-state index contributed by atoms with van der Waals surface area (Å²) in [5, 5.41) is 0.977. The van der Waals surface area contributed by atoms with Crippen LogP contribution in [0.4, 0.5) is 0 Å². The first-order chi connectivity index (χ1) is 8.20. The lowest BCUT2D eigenvalue weighted by atomic mass is 10.1. The number of aliphatic imine (C=N–C) groups is 1. The van der Waals surface area contributed by atoms with Gasteiger partial charge in [-0.15, -0.1) is 0 Å². The summed E-state index contributed by atoms with van der Waals surface area (Å²) >= 11 is 1.60. The van der Waals surface area contributed by atoms with E-state index in [1.807, 2.05) is 42.3 Å². The van der Waals surface area contributed by atoms with Crippen LogP contribution in [0.5, 0.6) is 0 Å². The topological polar surface area (TPSA) is 32.7 Å². The van der Waals surface area contributed by atoms with E-state index in [0.29, 0.717) is 6.54 Å². The lowest BCUT2D eigenvalue weighted by Crippen LogP contribution is -3.00. The van der Waals surface area contributed by atoms with Crippen LogP contribution in [-0.2, 0) is 0 Å². The molecule has 5 heteroatoms. The number of Topliss-reactive ketones (excluding diaryl/α,β-unsaturated/α-hetero) is 1. The summed E-state index contributed by atoms with van der Waals surface area (Å²) in [6, 6.07) is 7.73. The number of halogens is 1. The van der Waals surface area contributed by atoms with Crippen molar-refractivity contribution in [2.45, 2.75) is 6.92 Å². The minimum atomic E-state index is 0. The van der Waals surface area contributed by atoms with Gasteiger partial charge in [0.05, 0.1) is 13.1 Å². The fourth-order valence-electron chi connectivity index (χ4n) is 1.81. The number of hydrogen-bond donors (Lipinski definition) is 0. The Hall–Kier alpha value is -0.810. The fraction of sp³-hybridized carbons (Fsp3) is 0.385. The van der Waals surface area contributed by atoms with E-state index in [9.17, 15) is 4.79 Å². The molecule has 0 N–H and O–H groups in total. The Morgan fingerprint density at radius 2 is 2.06 bits per heavy atom. The van der Waals surface area contributed by atoms with Crippen LogP contribution in [0, 0.1) is 6.92 Å². The van der Waals surface area contributed by atoms with Gasteiger partial charge in [-0.3, -0.25) is 9.79 Å². The maximum Gasteiger partial charge on any atom is 0.182 e. The quantitative estimate of drug-likeness (QED) is 0.683. The molecule has 1 aliphatic heterocycles. The zero-order valence-electron chi connectivity index (χ0n) is 10.5. The molecule has 1 aliphatic rings. The molecule has 1 heterocycles. The molecule has 2 rings (SSSR count). The molecule has 0 radical (unpaired) electrons. The predicted octanol–water partition coefficient (Wildman–Crippen LogP) is -0.784. The predicted molar refractivity (Wildman–Crippen MR) is 72.9 cm³/mol. The number of carbonyl (C=O) groups is 1. The summed E-state index contributed by atoms with van der Waals surface area (Å²) < 4.78 is 0. The van der Waals surface area contributed by atoms with Crippen LogP contribution < -0.4 is 17.0 Å². The van der Waals surface area contributed by atoms with Crippen LogP contribution in [0.15, 0.2) is 29.3 Å². The molecule has 0 aromatic heterocycles. The van der Waals surface area contributed by atoms with Gasteiger partial charge in [0.25, 0.3) is 0 Å².